The molecule has 0 fully saturated rings. The van der Waals surface area contributed by atoms with Crippen LogP contribution < -0.4 is 5.31 Å². The summed E-state index contributed by atoms with van der Waals surface area (Å²) in [5.74, 6) is 0. The zero-order chi connectivity index (χ0) is 9.10. The zero-order valence-corrected chi connectivity index (χ0v) is 6.98. The molecular weight excluding hydrogens is 146 g/mol. The van der Waals surface area contributed by atoms with E-state index in [1.54, 1.807) is 5.31 Å². The fourth-order valence-electron chi connectivity index (χ4n) is 1.46. The van der Waals surface area contributed by atoms with Crippen molar-refractivity contribution in [1.82, 2.24) is 5.31 Å². The van der Waals surface area contributed by atoms with Crippen LogP contribution in [0.5, 0.6) is 0 Å². The van der Waals surface area contributed by atoms with Crippen molar-refractivity contribution in [2.75, 3.05) is 6.54 Å². The molecule has 1 nitrogen and oxygen atoms in total. The van der Waals surface area contributed by atoms with E-state index in [1.165, 1.54) is 5.56 Å². The minimum absolute atomic E-state index is 0.266. The predicted octanol–water partition coefficient (Wildman–Crippen LogP) is 1.76. The lowest BCUT2D eigenvalue weighted by Gasteiger charge is -2.07. The third-order valence-corrected chi connectivity index (χ3v) is 2.09. The summed E-state index contributed by atoms with van der Waals surface area (Å²) in [6.45, 7) is 0.761. The summed E-state index contributed by atoms with van der Waals surface area (Å²) in [6, 6.07) is 10.6. The summed E-state index contributed by atoms with van der Waals surface area (Å²) < 4.78 is 7.61. The molecular formula is C11H13N. The van der Waals surface area contributed by atoms with Crippen molar-refractivity contribution in [3.8, 4) is 0 Å². The molecule has 1 aliphatic rings. The van der Waals surface area contributed by atoms with E-state index in [1.807, 2.05) is 18.2 Å². The molecule has 1 unspecified atom stereocenters. The van der Waals surface area contributed by atoms with Gasteiger partial charge in [-0.05, 0) is 12.0 Å². The summed E-state index contributed by atoms with van der Waals surface area (Å²) in [7, 11) is 0. The van der Waals surface area contributed by atoms with Crippen molar-refractivity contribution in [3.63, 3.8) is 0 Å². The average molecular weight is 160 g/mol. The molecule has 0 bridgehead atoms. The second kappa shape index (κ2) is 3.55. The molecule has 0 radical (unpaired) electrons. The molecule has 0 saturated heterocycles. The first-order valence-corrected chi connectivity index (χ1v) is 4.32. The van der Waals surface area contributed by atoms with Gasteiger partial charge in [0, 0.05) is 12.6 Å². The Morgan fingerprint density at radius 1 is 1.42 bits per heavy atom. The molecule has 0 amide bonds. The Balaban J connectivity index is 2.02. The first-order valence-electron chi connectivity index (χ1n) is 4.77. The summed E-state index contributed by atoms with van der Waals surface area (Å²) in [5.41, 5.74) is 1.30. The highest BCUT2D eigenvalue weighted by atomic mass is 14.9. The maximum atomic E-state index is 7.61. The van der Waals surface area contributed by atoms with Gasteiger partial charge in [-0.25, -0.2) is 0 Å². The molecule has 2 rings (SSSR count). The number of hydrogen-bond donors (Lipinski definition) is 1. The number of nitrogens with one attached hydrogen (secondary N) is 1. The van der Waals surface area contributed by atoms with Gasteiger partial charge in [-0.2, -0.15) is 0 Å². The van der Waals surface area contributed by atoms with Crippen molar-refractivity contribution < 1.29 is 1.41 Å². The van der Waals surface area contributed by atoms with Crippen LogP contribution in [0.15, 0.2) is 42.5 Å². The molecule has 1 atom stereocenters. The monoisotopic (exact) mass is 160 g/mol. The Morgan fingerprint density at radius 2 is 2.25 bits per heavy atom. The predicted molar refractivity (Wildman–Crippen MR) is 51.1 cm³/mol. The molecule has 1 heteroatoms. The van der Waals surface area contributed by atoms with E-state index < -0.39 is 0 Å². The van der Waals surface area contributed by atoms with Crippen molar-refractivity contribution in [1.29, 1.82) is 0 Å². The highest BCUT2D eigenvalue weighted by molar-refractivity contribution is 5.18. The van der Waals surface area contributed by atoms with E-state index in [4.69, 9.17) is 1.41 Å². The lowest BCUT2D eigenvalue weighted by atomic mass is 10.1. The lowest BCUT2D eigenvalue weighted by molar-refractivity contribution is 0.665. The molecule has 1 heterocycles. The van der Waals surface area contributed by atoms with Crippen LogP contribution in [0.4, 0.5) is 0 Å². The Morgan fingerprint density at radius 3 is 2.92 bits per heavy atom. The normalized spacial score (nSPS) is 24.3. The van der Waals surface area contributed by atoms with Gasteiger partial charge in [0.15, 0.2) is 0 Å². The van der Waals surface area contributed by atoms with Crippen LogP contribution in [0.2, 0.25) is 1.41 Å². The van der Waals surface area contributed by atoms with Gasteiger partial charge in [-0.15, -0.1) is 0 Å². The third-order valence-electron chi connectivity index (χ3n) is 2.09. The van der Waals surface area contributed by atoms with Gasteiger partial charge in [0.25, 0.3) is 0 Å². The Hall–Kier alpha value is -1.08. The van der Waals surface area contributed by atoms with Gasteiger partial charge < -0.3 is 5.31 Å². The molecule has 1 aromatic carbocycles. The molecule has 1 N–H and O–H groups in total. The highest BCUT2D eigenvalue weighted by Crippen LogP contribution is 2.06. The van der Waals surface area contributed by atoms with Gasteiger partial charge in [-0.1, -0.05) is 42.5 Å². The molecule has 1 aliphatic heterocycles. The fourth-order valence-corrected chi connectivity index (χ4v) is 1.46. The molecule has 12 heavy (non-hydrogen) atoms. The van der Waals surface area contributed by atoms with Crippen LogP contribution in [0.1, 0.15) is 5.56 Å². The standard InChI is InChI=1S/C11H13N/c1-2-5-10(6-3-1)9-11-7-4-8-12-11/h1-7,11-12H,8-9H2/i/hD. The quantitative estimate of drug-likeness (QED) is 0.650. The molecule has 62 valence electrons. The van der Waals surface area contributed by atoms with Gasteiger partial charge in [0.1, 0.15) is 1.41 Å². The van der Waals surface area contributed by atoms with Gasteiger partial charge >= 0.3 is 0 Å². The van der Waals surface area contributed by atoms with E-state index in [2.05, 4.69) is 24.3 Å². The average Bonchev–Trinajstić information content (AvgIpc) is 2.54. The maximum Gasteiger partial charge on any atom is 0.123 e. The van der Waals surface area contributed by atoms with Crippen LogP contribution in [0, 0.1) is 0 Å². The first kappa shape index (κ1) is 6.44. The topological polar surface area (TPSA) is 12.0 Å². The summed E-state index contributed by atoms with van der Waals surface area (Å²) in [4.78, 5) is 0. The smallest absolute Gasteiger partial charge is 0.123 e. The first-order chi connectivity index (χ1) is 6.36. The molecule has 0 aromatic heterocycles. The minimum atomic E-state index is 0.266. The zero-order valence-electron chi connectivity index (χ0n) is 7.98. The van der Waals surface area contributed by atoms with Crippen molar-refractivity contribution in [2.24, 2.45) is 0 Å². The summed E-state index contributed by atoms with van der Waals surface area (Å²) >= 11 is 0. The second-order valence-corrected chi connectivity index (χ2v) is 3.05. The van der Waals surface area contributed by atoms with Crippen molar-refractivity contribution in [3.05, 3.63) is 48.0 Å². The lowest BCUT2D eigenvalue weighted by Crippen LogP contribution is -2.24. The molecule has 0 spiro atoms. The summed E-state index contributed by atoms with van der Waals surface area (Å²) in [6.07, 6.45) is 5.11. The van der Waals surface area contributed by atoms with Gasteiger partial charge in [-0.3, -0.25) is 0 Å². The van der Waals surface area contributed by atoms with Crippen LogP contribution in [0.25, 0.3) is 0 Å². The van der Waals surface area contributed by atoms with Crippen LogP contribution in [0.3, 0.4) is 0 Å². The Labute approximate surface area is 74.6 Å². The van der Waals surface area contributed by atoms with E-state index in [0.717, 1.165) is 13.0 Å². The summed E-state index contributed by atoms with van der Waals surface area (Å²) in [5, 5.41) is 1.62. The Bertz CT molecular complexity index is 294. The van der Waals surface area contributed by atoms with Gasteiger partial charge in [0.05, 0.1) is 0 Å². The van der Waals surface area contributed by atoms with Crippen LogP contribution >= 0.6 is 0 Å². The van der Waals surface area contributed by atoms with Crippen molar-refractivity contribution in [2.45, 2.75) is 12.5 Å². The van der Waals surface area contributed by atoms with Gasteiger partial charge in [0.2, 0.25) is 0 Å². The Kier molecular flexibility index (Phi) is 1.90. The molecule has 0 saturated carbocycles. The molecule has 1 aromatic rings. The van der Waals surface area contributed by atoms with E-state index >= 15 is 0 Å². The molecule has 0 aliphatic carbocycles. The fraction of sp³-hybridized carbons (Fsp3) is 0.273. The number of hydrogen-bond acceptors (Lipinski definition) is 1. The third kappa shape index (κ3) is 1.74. The number of rotatable bonds is 2. The SMILES string of the molecule is [2H]N1CC=CC1Cc1ccccc1. The number of benzene rings is 1. The second-order valence-electron chi connectivity index (χ2n) is 3.05. The maximum absolute atomic E-state index is 7.61. The van der Waals surface area contributed by atoms with E-state index in [0.29, 0.717) is 0 Å². The van der Waals surface area contributed by atoms with E-state index in [9.17, 15) is 0 Å². The van der Waals surface area contributed by atoms with Crippen LogP contribution in [-0.2, 0) is 6.42 Å². The van der Waals surface area contributed by atoms with E-state index in [-0.39, 0.29) is 6.04 Å². The van der Waals surface area contributed by atoms with Crippen LogP contribution in [-0.4, -0.2) is 12.6 Å². The minimum Gasteiger partial charge on any atom is -0.307 e. The largest absolute Gasteiger partial charge is 0.307 e. The highest BCUT2D eigenvalue weighted by Gasteiger charge is 2.07. The van der Waals surface area contributed by atoms with Crippen molar-refractivity contribution >= 4 is 0 Å².